The first-order valence-corrected chi connectivity index (χ1v) is 11.3. The summed E-state index contributed by atoms with van der Waals surface area (Å²) in [7, 11) is 0. The molecule has 5 rings (SSSR count). The quantitative estimate of drug-likeness (QED) is 0.355. The highest BCUT2D eigenvalue weighted by Crippen LogP contribution is 2.26. The van der Waals surface area contributed by atoms with Gasteiger partial charge in [0, 0.05) is 17.3 Å². The van der Waals surface area contributed by atoms with E-state index in [1.807, 2.05) is 60.8 Å². The van der Waals surface area contributed by atoms with Crippen LogP contribution in [-0.2, 0) is 0 Å². The first-order chi connectivity index (χ1) is 16.5. The number of fused-ring (bicyclic) bond motifs is 1. The van der Waals surface area contributed by atoms with Gasteiger partial charge < -0.3 is 4.74 Å². The molecule has 9 heteroatoms. The molecule has 0 aliphatic heterocycles. The van der Waals surface area contributed by atoms with Crippen LogP contribution in [0.3, 0.4) is 0 Å². The molecule has 0 N–H and O–H groups in total. The maximum absolute atomic E-state index is 13.0. The molecule has 0 aliphatic rings. The number of nitrogens with zero attached hydrogens (tertiary/aromatic N) is 5. The van der Waals surface area contributed by atoms with Gasteiger partial charge in [-0.25, -0.2) is 4.68 Å². The van der Waals surface area contributed by atoms with E-state index in [1.165, 1.54) is 11.4 Å². The number of para-hydroxylation sites is 1. The van der Waals surface area contributed by atoms with Crippen LogP contribution in [0.5, 0.6) is 5.75 Å². The minimum absolute atomic E-state index is 0.176. The van der Waals surface area contributed by atoms with E-state index >= 15 is 0 Å². The van der Waals surface area contributed by atoms with Gasteiger partial charge in [-0.05, 0) is 49.4 Å². The monoisotopic (exact) mass is 469 g/mol. The van der Waals surface area contributed by atoms with Crippen LogP contribution < -0.4 is 20.4 Å². The van der Waals surface area contributed by atoms with Crippen LogP contribution in [0.2, 0.25) is 0 Å². The lowest BCUT2D eigenvalue weighted by Crippen LogP contribution is -2.27. The number of hydrogen-bond acceptors (Lipinski definition) is 7. The fourth-order valence-electron chi connectivity index (χ4n) is 3.42. The Morgan fingerprint density at radius 2 is 1.82 bits per heavy atom. The highest BCUT2D eigenvalue weighted by Gasteiger charge is 2.14. The van der Waals surface area contributed by atoms with Gasteiger partial charge in [-0.1, -0.05) is 42.2 Å². The Kier molecular flexibility index (Phi) is 5.60. The molecule has 0 atom stereocenters. The highest BCUT2D eigenvalue weighted by molar-refractivity contribution is 7.15. The Morgan fingerprint density at radius 1 is 1.06 bits per heavy atom. The molecule has 0 bridgehead atoms. The molecule has 168 valence electrons. The van der Waals surface area contributed by atoms with Gasteiger partial charge in [-0.15, -0.1) is 0 Å². The summed E-state index contributed by atoms with van der Waals surface area (Å²) >= 11 is 1.12. The first-order valence-electron chi connectivity index (χ1n) is 10.4. The van der Waals surface area contributed by atoms with Gasteiger partial charge in [0.2, 0.25) is 4.96 Å². The molecule has 0 amide bonds. The van der Waals surface area contributed by atoms with Gasteiger partial charge in [0.1, 0.15) is 23.7 Å². The molecule has 0 unspecified atom stereocenters. The van der Waals surface area contributed by atoms with Crippen LogP contribution in [0, 0.1) is 6.92 Å². The minimum Gasteiger partial charge on any atom is -0.490 e. The van der Waals surface area contributed by atoms with E-state index in [-0.39, 0.29) is 16.2 Å². The third-order valence-corrected chi connectivity index (χ3v) is 6.05. The molecule has 0 fully saturated rings. The topological polar surface area (TPSA) is 91.4 Å². The molecule has 0 saturated heterocycles. The van der Waals surface area contributed by atoms with Crippen molar-refractivity contribution >= 4 is 22.4 Å². The number of thiazole rings is 1. The second kappa shape index (κ2) is 8.87. The summed E-state index contributed by atoms with van der Waals surface area (Å²) in [5.74, 6) is 0.723. The Morgan fingerprint density at radius 3 is 2.56 bits per heavy atom. The zero-order chi connectivity index (χ0) is 23.7. The van der Waals surface area contributed by atoms with Crippen molar-refractivity contribution in [2.24, 2.45) is 0 Å². The molecule has 8 nitrogen and oxygen atoms in total. The Hall–Kier alpha value is -4.37. The van der Waals surface area contributed by atoms with Gasteiger partial charge in [0.15, 0.2) is 0 Å². The van der Waals surface area contributed by atoms with Crippen molar-refractivity contribution < 1.29 is 4.74 Å². The van der Waals surface area contributed by atoms with Crippen molar-refractivity contribution in [1.29, 1.82) is 0 Å². The van der Waals surface area contributed by atoms with Gasteiger partial charge in [-0.2, -0.15) is 19.7 Å². The van der Waals surface area contributed by atoms with E-state index in [0.29, 0.717) is 16.8 Å². The second-order valence-electron chi connectivity index (χ2n) is 7.45. The van der Waals surface area contributed by atoms with Crippen molar-refractivity contribution in [2.45, 2.75) is 6.92 Å². The molecule has 0 aliphatic carbocycles. The van der Waals surface area contributed by atoms with Crippen LogP contribution in [0.25, 0.3) is 28.0 Å². The zero-order valence-electron chi connectivity index (χ0n) is 18.2. The molecular formula is C25H19N5O3S. The summed E-state index contributed by atoms with van der Waals surface area (Å²) in [6, 6.07) is 17.3. The fourth-order valence-corrected chi connectivity index (χ4v) is 4.32. The maximum atomic E-state index is 13.0. The van der Waals surface area contributed by atoms with Crippen molar-refractivity contribution in [1.82, 2.24) is 24.4 Å². The SMILES string of the molecule is C=CCOc1ccc(-c2nn(-c3ccccc3)cc2C=c2sc3nc(=O)c(C)nn3c2=O)cc1. The first kappa shape index (κ1) is 21.5. The molecule has 3 heterocycles. The normalized spacial score (nSPS) is 11.7. The second-order valence-corrected chi connectivity index (χ2v) is 8.46. The summed E-state index contributed by atoms with van der Waals surface area (Å²) in [5.41, 5.74) is 2.59. The molecule has 2 aromatic carbocycles. The van der Waals surface area contributed by atoms with Crippen LogP contribution in [0.15, 0.2) is 83.0 Å². The number of benzene rings is 2. The smallest absolute Gasteiger partial charge is 0.295 e. The molecule has 5 aromatic rings. The standard InChI is InChI=1S/C25H19N5O3S/c1-3-13-33-20-11-9-17(10-12-20)22-18(15-29(28-22)19-7-5-4-6-8-19)14-21-24(32)30-25(34-21)26-23(31)16(2)27-30/h3-12,14-15H,1,13H2,2H3. The Balaban J connectivity index is 1.67. The van der Waals surface area contributed by atoms with Crippen molar-refractivity contribution in [3.63, 3.8) is 0 Å². The van der Waals surface area contributed by atoms with E-state index in [4.69, 9.17) is 9.84 Å². The lowest BCUT2D eigenvalue weighted by molar-refractivity contribution is 0.363. The van der Waals surface area contributed by atoms with Crippen LogP contribution in [-0.4, -0.2) is 31.0 Å². The Bertz CT molecular complexity index is 1670. The average molecular weight is 470 g/mol. The molecular weight excluding hydrogens is 450 g/mol. The lowest BCUT2D eigenvalue weighted by Gasteiger charge is -2.04. The Labute approximate surface area is 197 Å². The average Bonchev–Trinajstić information content (AvgIpc) is 3.40. The number of ether oxygens (including phenoxy) is 1. The number of rotatable bonds is 6. The predicted molar refractivity (Wildman–Crippen MR) is 132 cm³/mol. The van der Waals surface area contributed by atoms with Crippen molar-refractivity contribution in [2.75, 3.05) is 6.61 Å². The van der Waals surface area contributed by atoms with E-state index in [0.717, 1.165) is 33.9 Å². The largest absolute Gasteiger partial charge is 0.490 e. The summed E-state index contributed by atoms with van der Waals surface area (Å²) in [6.45, 7) is 5.62. The van der Waals surface area contributed by atoms with Crippen LogP contribution in [0.1, 0.15) is 11.3 Å². The van der Waals surface area contributed by atoms with E-state index in [9.17, 15) is 9.59 Å². The predicted octanol–water partition coefficient (Wildman–Crippen LogP) is 2.78. The van der Waals surface area contributed by atoms with Crippen LogP contribution >= 0.6 is 11.3 Å². The molecule has 3 aromatic heterocycles. The maximum Gasteiger partial charge on any atom is 0.295 e. The molecule has 0 spiro atoms. The van der Waals surface area contributed by atoms with Gasteiger partial charge in [0.05, 0.1) is 10.2 Å². The summed E-state index contributed by atoms with van der Waals surface area (Å²) in [6.07, 6.45) is 5.31. The van der Waals surface area contributed by atoms with E-state index in [1.54, 1.807) is 16.8 Å². The lowest BCUT2D eigenvalue weighted by atomic mass is 10.1. The summed E-state index contributed by atoms with van der Waals surface area (Å²) in [4.78, 5) is 29.1. The molecule has 0 saturated carbocycles. The third-order valence-electron chi connectivity index (χ3n) is 5.09. The number of hydrogen-bond donors (Lipinski definition) is 0. The fraction of sp³-hybridized carbons (Fsp3) is 0.0800. The van der Waals surface area contributed by atoms with Gasteiger partial charge >= 0.3 is 0 Å². The number of aryl methyl sites for hydroxylation is 1. The number of aromatic nitrogens is 5. The highest BCUT2D eigenvalue weighted by atomic mass is 32.1. The zero-order valence-corrected chi connectivity index (χ0v) is 19.0. The molecule has 0 radical (unpaired) electrons. The van der Waals surface area contributed by atoms with E-state index < -0.39 is 5.56 Å². The van der Waals surface area contributed by atoms with Crippen molar-refractivity contribution in [3.05, 3.63) is 110 Å². The van der Waals surface area contributed by atoms with Crippen molar-refractivity contribution in [3.8, 4) is 22.7 Å². The van der Waals surface area contributed by atoms with Crippen LogP contribution in [0.4, 0.5) is 0 Å². The third kappa shape index (κ3) is 4.04. The molecule has 34 heavy (non-hydrogen) atoms. The summed E-state index contributed by atoms with van der Waals surface area (Å²) in [5, 5.41) is 8.88. The van der Waals surface area contributed by atoms with E-state index in [2.05, 4.69) is 16.7 Å². The van der Waals surface area contributed by atoms with Gasteiger partial charge in [0.25, 0.3) is 11.1 Å². The minimum atomic E-state index is -0.441. The van der Waals surface area contributed by atoms with Gasteiger partial charge in [-0.3, -0.25) is 9.59 Å². The summed E-state index contributed by atoms with van der Waals surface area (Å²) < 4.78 is 8.92.